The summed E-state index contributed by atoms with van der Waals surface area (Å²) in [6, 6.07) is -1.44. The van der Waals surface area contributed by atoms with Crippen molar-refractivity contribution in [2.45, 2.75) is 71.6 Å². The summed E-state index contributed by atoms with van der Waals surface area (Å²) in [5, 5.41) is 5.13. The van der Waals surface area contributed by atoms with E-state index in [-0.39, 0.29) is 24.3 Å². The van der Waals surface area contributed by atoms with E-state index in [9.17, 15) is 19.2 Å². The molecule has 0 saturated carbocycles. The lowest BCUT2D eigenvalue weighted by molar-refractivity contribution is -0.147. The predicted octanol–water partition coefficient (Wildman–Crippen LogP) is 1.21. The molecular weight excluding hydrogens is 366 g/mol. The van der Waals surface area contributed by atoms with Gasteiger partial charge in [0.05, 0.1) is 7.11 Å². The Morgan fingerprint density at radius 3 is 2.39 bits per heavy atom. The monoisotopic (exact) mass is 399 g/mol. The number of esters is 1. The number of hydrogen-bond donors (Lipinski definition) is 2. The fourth-order valence-corrected chi connectivity index (χ4v) is 2.95. The smallest absolute Gasteiger partial charge is 0.408 e. The number of carbonyl (C=O) groups is 4. The molecule has 160 valence electrons. The first-order valence-electron chi connectivity index (χ1n) is 9.64. The molecule has 0 spiro atoms. The topological polar surface area (TPSA) is 114 Å². The normalized spacial score (nSPS) is 18.8. The molecule has 1 rings (SSSR count). The Morgan fingerprint density at radius 2 is 1.86 bits per heavy atom. The number of alkyl carbamates (subject to hydrolysis) is 1. The molecule has 2 N–H and O–H groups in total. The highest BCUT2D eigenvalue weighted by Gasteiger charge is 2.37. The second-order valence-electron chi connectivity index (χ2n) is 8.00. The number of amides is 3. The summed E-state index contributed by atoms with van der Waals surface area (Å²) in [5.41, 5.74) is -0.665. The molecule has 1 heterocycles. The average Bonchev–Trinajstić information content (AvgIpc) is 3.11. The first kappa shape index (κ1) is 23.7. The third-order valence-electron chi connectivity index (χ3n) is 4.62. The SMILES string of the molecule is CC[C@H](C)[C@H](NC(=O)[C@@H]1CCCN1C(=O)CNC(=O)OC(C)(C)C)C(=O)OC. The number of likely N-dealkylation sites (tertiary alicyclic amines) is 1. The number of ether oxygens (including phenoxy) is 2. The van der Waals surface area contributed by atoms with E-state index in [4.69, 9.17) is 9.47 Å². The van der Waals surface area contributed by atoms with Crippen molar-refractivity contribution in [1.82, 2.24) is 15.5 Å². The van der Waals surface area contributed by atoms with Crippen molar-refractivity contribution < 1.29 is 28.7 Å². The van der Waals surface area contributed by atoms with Crippen molar-refractivity contribution >= 4 is 23.9 Å². The molecule has 3 amide bonds. The number of nitrogens with zero attached hydrogens (tertiary/aromatic N) is 1. The number of hydrogen-bond acceptors (Lipinski definition) is 6. The zero-order chi connectivity index (χ0) is 21.5. The molecule has 0 aromatic heterocycles. The molecular formula is C19H33N3O6. The molecule has 0 bridgehead atoms. The molecule has 28 heavy (non-hydrogen) atoms. The Kier molecular flexibility index (Phi) is 8.71. The molecule has 0 aromatic rings. The minimum Gasteiger partial charge on any atom is -0.467 e. The Labute approximate surface area is 166 Å². The van der Waals surface area contributed by atoms with Crippen molar-refractivity contribution in [3.05, 3.63) is 0 Å². The van der Waals surface area contributed by atoms with Crippen LogP contribution in [-0.4, -0.2) is 66.7 Å². The van der Waals surface area contributed by atoms with Crippen molar-refractivity contribution in [3.63, 3.8) is 0 Å². The highest BCUT2D eigenvalue weighted by Crippen LogP contribution is 2.19. The molecule has 1 aliphatic rings. The predicted molar refractivity (Wildman–Crippen MR) is 102 cm³/mol. The minimum absolute atomic E-state index is 0.101. The second-order valence-corrected chi connectivity index (χ2v) is 8.00. The summed E-state index contributed by atoms with van der Waals surface area (Å²) in [5.74, 6) is -1.37. The van der Waals surface area contributed by atoms with Gasteiger partial charge in [-0.3, -0.25) is 9.59 Å². The van der Waals surface area contributed by atoms with Crippen molar-refractivity contribution in [2.24, 2.45) is 5.92 Å². The summed E-state index contributed by atoms with van der Waals surface area (Å²) in [4.78, 5) is 50.3. The van der Waals surface area contributed by atoms with Crippen molar-refractivity contribution in [3.8, 4) is 0 Å². The van der Waals surface area contributed by atoms with E-state index in [0.717, 1.165) is 0 Å². The highest BCUT2D eigenvalue weighted by molar-refractivity contribution is 5.92. The van der Waals surface area contributed by atoms with Gasteiger partial charge >= 0.3 is 12.1 Å². The molecule has 1 fully saturated rings. The molecule has 3 atom stereocenters. The number of methoxy groups -OCH3 is 1. The fraction of sp³-hybridized carbons (Fsp3) is 0.789. The van der Waals surface area contributed by atoms with Gasteiger partial charge in [-0.1, -0.05) is 20.3 Å². The van der Waals surface area contributed by atoms with E-state index in [1.807, 2.05) is 13.8 Å². The van der Waals surface area contributed by atoms with Crippen LogP contribution in [0.15, 0.2) is 0 Å². The van der Waals surface area contributed by atoms with Crippen molar-refractivity contribution in [2.75, 3.05) is 20.2 Å². The van der Waals surface area contributed by atoms with Crippen LogP contribution in [0.4, 0.5) is 4.79 Å². The average molecular weight is 399 g/mol. The third-order valence-corrected chi connectivity index (χ3v) is 4.62. The van der Waals surface area contributed by atoms with Crippen LogP contribution in [0, 0.1) is 5.92 Å². The van der Waals surface area contributed by atoms with Gasteiger partial charge in [0.25, 0.3) is 0 Å². The van der Waals surface area contributed by atoms with Crippen LogP contribution in [0.5, 0.6) is 0 Å². The summed E-state index contributed by atoms with van der Waals surface area (Å²) in [7, 11) is 1.28. The zero-order valence-corrected chi connectivity index (χ0v) is 17.7. The van der Waals surface area contributed by atoms with Gasteiger partial charge in [-0.2, -0.15) is 0 Å². The maximum absolute atomic E-state index is 12.7. The van der Waals surface area contributed by atoms with Crippen LogP contribution in [0.1, 0.15) is 53.9 Å². The number of rotatable bonds is 7. The Morgan fingerprint density at radius 1 is 1.21 bits per heavy atom. The van der Waals surface area contributed by atoms with E-state index < -0.39 is 29.7 Å². The molecule has 0 aliphatic carbocycles. The van der Waals surface area contributed by atoms with Crippen LogP contribution < -0.4 is 10.6 Å². The van der Waals surface area contributed by atoms with Crippen LogP contribution in [0.3, 0.4) is 0 Å². The van der Waals surface area contributed by atoms with Crippen LogP contribution in [-0.2, 0) is 23.9 Å². The van der Waals surface area contributed by atoms with Gasteiger partial charge in [0.15, 0.2) is 0 Å². The fourth-order valence-electron chi connectivity index (χ4n) is 2.95. The Hall–Kier alpha value is -2.32. The summed E-state index contributed by atoms with van der Waals surface area (Å²) in [6.07, 6.45) is 1.16. The number of carbonyl (C=O) groups excluding carboxylic acids is 4. The van der Waals surface area contributed by atoms with Gasteiger partial charge in [0, 0.05) is 6.54 Å². The lowest BCUT2D eigenvalue weighted by atomic mass is 9.98. The van der Waals surface area contributed by atoms with Gasteiger partial charge in [0.2, 0.25) is 11.8 Å². The Bertz CT molecular complexity index is 587. The standard InChI is InChI=1S/C19H33N3O6/c1-7-12(2)15(17(25)27-6)21-16(24)13-9-8-10-22(13)14(23)11-20-18(26)28-19(3,4)5/h12-13,15H,7-11H2,1-6H3,(H,20,26)(H,21,24)/t12-,13-,15-/m0/s1. The van der Waals surface area contributed by atoms with E-state index in [0.29, 0.717) is 25.8 Å². The summed E-state index contributed by atoms with van der Waals surface area (Å²) >= 11 is 0. The first-order valence-corrected chi connectivity index (χ1v) is 9.64. The van der Waals surface area contributed by atoms with E-state index in [2.05, 4.69) is 10.6 Å². The zero-order valence-electron chi connectivity index (χ0n) is 17.7. The largest absolute Gasteiger partial charge is 0.467 e. The Balaban J connectivity index is 2.69. The highest BCUT2D eigenvalue weighted by atomic mass is 16.6. The quantitative estimate of drug-likeness (QED) is 0.622. The lowest BCUT2D eigenvalue weighted by Gasteiger charge is -2.28. The second kappa shape index (κ2) is 10.3. The molecule has 1 saturated heterocycles. The van der Waals surface area contributed by atoms with Gasteiger partial charge in [-0.15, -0.1) is 0 Å². The van der Waals surface area contributed by atoms with Crippen molar-refractivity contribution in [1.29, 1.82) is 0 Å². The van der Waals surface area contributed by atoms with E-state index >= 15 is 0 Å². The molecule has 9 heteroatoms. The molecule has 1 aliphatic heterocycles. The third kappa shape index (κ3) is 7.01. The number of nitrogens with one attached hydrogen (secondary N) is 2. The van der Waals surface area contributed by atoms with Crippen LogP contribution in [0.25, 0.3) is 0 Å². The van der Waals surface area contributed by atoms with Gasteiger partial charge in [0.1, 0.15) is 24.2 Å². The lowest BCUT2D eigenvalue weighted by Crippen LogP contribution is -2.54. The van der Waals surface area contributed by atoms with Gasteiger partial charge < -0.3 is 25.0 Å². The van der Waals surface area contributed by atoms with E-state index in [1.54, 1.807) is 20.8 Å². The van der Waals surface area contributed by atoms with Crippen LogP contribution in [0.2, 0.25) is 0 Å². The molecule has 0 radical (unpaired) electrons. The molecule has 9 nitrogen and oxygen atoms in total. The van der Waals surface area contributed by atoms with Gasteiger partial charge in [-0.25, -0.2) is 9.59 Å². The summed E-state index contributed by atoms with van der Waals surface area (Å²) in [6.45, 7) is 9.10. The maximum atomic E-state index is 12.7. The van der Waals surface area contributed by atoms with Gasteiger partial charge in [-0.05, 0) is 39.5 Å². The van der Waals surface area contributed by atoms with E-state index in [1.165, 1.54) is 12.0 Å². The maximum Gasteiger partial charge on any atom is 0.408 e. The minimum atomic E-state index is -0.764. The molecule has 0 aromatic carbocycles. The van der Waals surface area contributed by atoms with Crippen LogP contribution >= 0.6 is 0 Å². The first-order chi connectivity index (χ1) is 13.0. The molecule has 0 unspecified atom stereocenters. The summed E-state index contributed by atoms with van der Waals surface area (Å²) < 4.78 is 9.89.